The van der Waals surface area contributed by atoms with E-state index in [-0.39, 0.29) is 0 Å². The summed E-state index contributed by atoms with van der Waals surface area (Å²) in [5.41, 5.74) is 0.519. The van der Waals surface area contributed by atoms with Crippen LogP contribution >= 0.6 is 0 Å². The molecule has 15 heavy (non-hydrogen) atoms. The molecule has 0 spiro atoms. The van der Waals surface area contributed by atoms with Gasteiger partial charge in [-0.15, -0.1) is 0 Å². The minimum Gasteiger partial charge on any atom is -0.384 e. The quantitative estimate of drug-likeness (QED) is 0.684. The molecule has 1 nitrogen and oxygen atoms in total. The lowest BCUT2D eigenvalue weighted by atomic mass is 9.77. The summed E-state index contributed by atoms with van der Waals surface area (Å²) in [5, 5.41) is 0. The molecule has 0 unspecified atom stereocenters. The molecular formula is C14H26O. The van der Waals surface area contributed by atoms with Crippen LogP contribution in [0.15, 0.2) is 0 Å². The van der Waals surface area contributed by atoms with Crippen molar-refractivity contribution < 1.29 is 4.74 Å². The summed E-state index contributed by atoms with van der Waals surface area (Å²) in [6.45, 7) is 5.86. The van der Waals surface area contributed by atoms with Crippen molar-refractivity contribution in [2.75, 3.05) is 13.7 Å². The number of hydrogen-bond acceptors (Lipinski definition) is 1. The molecule has 0 aliphatic heterocycles. The highest BCUT2D eigenvalue weighted by Gasteiger charge is 2.53. The Bertz CT molecular complexity index is 207. The summed E-state index contributed by atoms with van der Waals surface area (Å²) < 4.78 is 5.34. The van der Waals surface area contributed by atoms with Crippen molar-refractivity contribution in [3.8, 4) is 0 Å². The Labute approximate surface area is 94.6 Å². The topological polar surface area (TPSA) is 9.23 Å². The van der Waals surface area contributed by atoms with Gasteiger partial charge in [-0.1, -0.05) is 46.0 Å². The molecule has 0 heterocycles. The molecule has 0 aromatic carbocycles. The Morgan fingerprint density at radius 1 is 1.27 bits per heavy atom. The summed E-state index contributed by atoms with van der Waals surface area (Å²) in [6, 6.07) is 0. The van der Waals surface area contributed by atoms with Crippen LogP contribution in [-0.2, 0) is 4.74 Å². The first-order valence-corrected chi connectivity index (χ1v) is 6.66. The monoisotopic (exact) mass is 210 g/mol. The molecule has 2 rings (SSSR count). The normalized spacial score (nSPS) is 39.0. The SMILES string of the molecule is COC[C@]1(C)C[C@H]1[C@@H](C)C1CCCCC1. The first-order valence-electron chi connectivity index (χ1n) is 6.66. The maximum absolute atomic E-state index is 5.34. The third-order valence-corrected chi connectivity index (χ3v) is 4.92. The van der Waals surface area contributed by atoms with Crippen molar-refractivity contribution in [1.29, 1.82) is 0 Å². The molecule has 0 aromatic rings. The molecular weight excluding hydrogens is 184 g/mol. The zero-order valence-corrected chi connectivity index (χ0v) is 10.6. The third-order valence-electron chi connectivity index (χ3n) is 4.92. The van der Waals surface area contributed by atoms with E-state index in [1.165, 1.54) is 38.5 Å². The Morgan fingerprint density at radius 2 is 1.93 bits per heavy atom. The largest absolute Gasteiger partial charge is 0.384 e. The van der Waals surface area contributed by atoms with E-state index < -0.39 is 0 Å². The molecule has 88 valence electrons. The molecule has 0 amide bonds. The van der Waals surface area contributed by atoms with Crippen molar-refractivity contribution >= 4 is 0 Å². The number of hydrogen-bond donors (Lipinski definition) is 0. The molecule has 3 atom stereocenters. The van der Waals surface area contributed by atoms with E-state index in [1.807, 2.05) is 7.11 Å². The van der Waals surface area contributed by atoms with Crippen LogP contribution in [0.25, 0.3) is 0 Å². The molecule has 2 saturated carbocycles. The minimum absolute atomic E-state index is 0.519. The number of rotatable bonds is 4. The smallest absolute Gasteiger partial charge is 0.0518 e. The van der Waals surface area contributed by atoms with E-state index in [2.05, 4.69) is 13.8 Å². The minimum atomic E-state index is 0.519. The van der Waals surface area contributed by atoms with Gasteiger partial charge in [-0.25, -0.2) is 0 Å². The second kappa shape index (κ2) is 4.45. The fraction of sp³-hybridized carbons (Fsp3) is 1.00. The van der Waals surface area contributed by atoms with Crippen LogP contribution in [0.2, 0.25) is 0 Å². The van der Waals surface area contributed by atoms with Gasteiger partial charge >= 0.3 is 0 Å². The molecule has 2 aliphatic carbocycles. The predicted octanol–water partition coefficient (Wildman–Crippen LogP) is 3.88. The average Bonchev–Trinajstić information content (AvgIpc) is 2.91. The van der Waals surface area contributed by atoms with Gasteiger partial charge in [0.1, 0.15) is 0 Å². The first kappa shape index (κ1) is 11.4. The fourth-order valence-electron chi connectivity index (χ4n) is 3.75. The molecule has 2 aliphatic rings. The number of ether oxygens (including phenoxy) is 1. The van der Waals surface area contributed by atoms with Gasteiger partial charge in [-0.3, -0.25) is 0 Å². The van der Waals surface area contributed by atoms with Crippen LogP contribution in [0.5, 0.6) is 0 Å². The van der Waals surface area contributed by atoms with E-state index in [0.717, 1.165) is 24.4 Å². The summed E-state index contributed by atoms with van der Waals surface area (Å²) in [7, 11) is 1.84. The van der Waals surface area contributed by atoms with Crippen LogP contribution in [-0.4, -0.2) is 13.7 Å². The highest BCUT2D eigenvalue weighted by molar-refractivity contribution is 5.02. The van der Waals surface area contributed by atoms with Gasteiger partial charge in [0.15, 0.2) is 0 Å². The van der Waals surface area contributed by atoms with Crippen LogP contribution < -0.4 is 0 Å². The lowest BCUT2D eigenvalue weighted by Crippen LogP contribution is -2.20. The van der Waals surface area contributed by atoms with Crippen LogP contribution in [0, 0.1) is 23.2 Å². The van der Waals surface area contributed by atoms with Gasteiger partial charge in [-0.05, 0) is 29.6 Å². The second-order valence-corrected chi connectivity index (χ2v) is 6.15. The molecule has 0 saturated heterocycles. The lowest BCUT2D eigenvalue weighted by Gasteiger charge is -2.29. The highest BCUT2D eigenvalue weighted by Crippen LogP contribution is 2.58. The van der Waals surface area contributed by atoms with Crippen molar-refractivity contribution in [3.05, 3.63) is 0 Å². The van der Waals surface area contributed by atoms with Crippen molar-refractivity contribution in [1.82, 2.24) is 0 Å². The maximum atomic E-state index is 5.34. The van der Waals surface area contributed by atoms with Crippen molar-refractivity contribution in [3.63, 3.8) is 0 Å². The maximum Gasteiger partial charge on any atom is 0.0518 e. The zero-order valence-electron chi connectivity index (χ0n) is 10.6. The van der Waals surface area contributed by atoms with Gasteiger partial charge in [0.05, 0.1) is 6.61 Å². The molecule has 0 N–H and O–H groups in total. The van der Waals surface area contributed by atoms with Crippen molar-refractivity contribution in [2.45, 2.75) is 52.4 Å². The molecule has 1 heteroatoms. The summed E-state index contributed by atoms with van der Waals surface area (Å²) in [6.07, 6.45) is 8.80. The van der Waals surface area contributed by atoms with Crippen LogP contribution in [0.1, 0.15) is 52.4 Å². The summed E-state index contributed by atoms with van der Waals surface area (Å²) >= 11 is 0. The molecule has 2 fully saturated rings. The predicted molar refractivity (Wildman–Crippen MR) is 63.8 cm³/mol. The Balaban J connectivity index is 1.84. The zero-order chi connectivity index (χ0) is 10.9. The summed E-state index contributed by atoms with van der Waals surface area (Å²) in [4.78, 5) is 0. The standard InChI is InChI=1S/C14H26O/c1-11(12-7-5-4-6-8-12)13-9-14(13,2)10-15-3/h11-13H,4-10H2,1-3H3/t11-,13-,14-/m0/s1. The van der Waals surface area contributed by atoms with Crippen molar-refractivity contribution in [2.24, 2.45) is 23.2 Å². The van der Waals surface area contributed by atoms with Gasteiger partial charge in [-0.2, -0.15) is 0 Å². The number of methoxy groups -OCH3 is 1. The van der Waals surface area contributed by atoms with E-state index in [1.54, 1.807) is 0 Å². The third kappa shape index (κ3) is 2.38. The van der Waals surface area contributed by atoms with E-state index in [4.69, 9.17) is 4.74 Å². The second-order valence-electron chi connectivity index (χ2n) is 6.15. The van der Waals surface area contributed by atoms with Crippen LogP contribution in [0.4, 0.5) is 0 Å². The average molecular weight is 210 g/mol. The van der Waals surface area contributed by atoms with Gasteiger partial charge in [0.2, 0.25) is 0 Å². The molecule has 0 radical (unpaired) electrons. The fourth-order valence-corrected chi connectivity index (χ4v) is 3.75. The summed E-state index contributed by atoms with van der Waals surface area (Å²) in [5.74, 6) is 2.90. The van der Waals surface area contributed by atoms with E-state index >= 15 is 0 Å². The Hall–Kier alpha value is -0.0400. The van der Waals surface area contributed by atoms with Crippen LogP contribution in [0.3, 0.4) is 0 Å². The first-order chi connectivity index (χ1) is 7.17. The van der Waals surface area contributed by atoms with E-state index in [0.29, 0.717) is 5.41 Å². The molecule has 0 aromatic heterocycles. The van der Waals surface area contributed by atoms with E-state index in [9.17, 15) is 0 Å². The molecule has 0 bridgehead atoms. The van der Waals surface area contributed by atoms with Gasteiger partial charge < -0.3 is 4.74 Å². The van der Waals surface area contributed by atoms with Gasteiger partial charge in [0.25, 0.3) is 0 Å². The van der Waals surface area contributed by atoms with Gasteiger partial charge in [0, 0.05) is 7.11 Å². The Kier molecular flexibility index (Phi) is 3.39. The Morgan fingerprint density at radius 3 is 2.53 bits per heavy atom. The highest BCUT2D eigenvalue weighted by atomic mass is 16.5. The lowest BCUT2D eigenvalue weighted by molar-refractivity contribution is 0.124.